The van der Waals surface area contributed by atoms with E-state index in [1.807, 2.05) is 42.7 Å². The van der Waals surface area contributed by atoms with Crippen LogP contribution in [0, 0.1) is 5.92 Å². The first-order valence-electron chi connectivity index (χ1n) is 15.4. The second kappa shape index (κ2) is 13.2. The van der Waals surface area contributed by atoms with Gasteiger partial charge in [0.2, 0.25) is 17.6 Å². The van der Waals surface area contributed by atoms with Gasteiger partial charge in [0, 0.05) is 29.3 Å². The van der Waals surface area contributed by atoms with E-state index in [1.54, 1.807) is 32.5 Å². The van der Waals surface area contributed by atoms with E-state index in [0.717, 1.165) is 29.7 Å². The lowest BCUT2D eigenvalue weighted by molar-refractivity contribution is -0.145. The Kier molecular flexibility index (Phi) is 9.52. The summed E-state index contributed by atoms with van der Waals surface area (Å²) in [5.74, 6) is -2.04. The molecule has 0 unspecified atom stereocenters. The highest BCUT2D eigenvalue weighted by Gasteiger charge is 2.61. The largest absolute Gasteiger partial charge is 0.479 e. The van der Waals surface area contributed by atoms with E-state index in [1.165, 1.54) is 9.70 Å². The van der Waals surface area contributed by atoms with Crippen molar-refractivity contribution in [1.29, 1.82) is 0 Å². The third-order valence-electron chi connectivity index (χ3n) is 8.43. The van der Waals surface area contributed by atoms with Crippen LogP contribution in [0.3, 0.4) is 0 Å². The summed E-state index contributed by atoms with van der Waals surface area (Å²) in [6, 6.07) is 5.29. The van der Waals surface area contributed by atoms with E-state index in [2.05, 4.69) is 26.0 Å². The van der Waals surface area contributed by atoms with Gasteiger partial charge in [-0.1, -0.05) is 25.0 Å². The highest BCUT2D eigenvalue weighted by atomic mass is 32.2. The summed E-state index contributed by atoms with van der Waals surface area (Å²) in [4.78, 5) is 57.0. The second-order valence-electron chi connectivity index (χ2n) is 12.9. The maximum absolute atomic E-state index is 14.2. The third kappa shape index (κ3) is 7.48. The Morgan fingerprint density at radius 1 is 1.16 bits per heavy atom. The van der Waals surface area contributed by atoms with Crippen molar-refractivity contribution in [2.24, 2.45) is 5.92 Å². The van der Waals surface area contributed by atoms with Crippen molar-refractivity contribution in [2.75, 3.05) is 12.8 Å². The molecule has 14 heteroatoms. The van der Waals surface area contributed by atoms with Gasteiger partial charge in [-0.15, -0.1) is 22.0 Å². The topological polar surface area (TPSA) is 169 Å². The van der Waals surface area contributed by atoms with Crippen molar-refractivity contribution in [3.8, 4) is 11.4 Å². The molecule has 2 aromatic rings. The van der Waals surface area contributed by atoms with Crippen LogP contribution in [0.25, 0.3) is 11.4 Å². The van der Waals surface area contributed by atoms with Gasteiger partial charge in [0.1, 0.15) is 23.2 Å². The maximum Gasteiger partial charge on any atom is 0.408 e. The smallest absolute Gasteiger partial charge is 0.408 e. The van der Waals surface area contributed by atoms with Crippen LogP contribution < -0.4 is 10.6 Å². The molecule has 1 saturated heterocycles. The minimum atomic E-state index is -1.42. The molecule has 2 aliphatic heterocycles. The molecule has 3 aliphatic rings. The van der Waals surface area contributed by atoms with Gasteiger partial charge in [-0.2, -0.15) is 4.80 Å². The fourth-order valence-corrected chi connectivity index (χ4v) is 6.34. The average molecular weight is 640 g/mol. The summed E-state index contributed by atoms with van der Waals surface area (Å²) in [6.07, 6.45) is 8.96. The van der Waals surface area contributed by atoms with Gasteiger partial charge in [0.25, 0.3) is 0 Å². The summed E-state index contributed by atoms with van der Waals surface area (Å²) >= 11 is 1.62. The molecule has 2 fully saturated rings. The van der Waals surface area contributed by atoms with Gasteiger partial charge in [-0.3, -0.25) is 9.59 Å². The number of aromatic nitrogens is 4. The summed E-state index contributed by atoms with van der Waals surface area (Å²) in [5.41, 5.74) is -1.41. The molecule has 3 amide bonds. The number of hydrogen-bond acceptors (Lipinski definition) is 9. The number of aliphatic carboxylic acids is 1. The van der Waals surface area contributed by atoms with Crippen molar-refractivity contribution < 1.29 is 29.0 Å². The molecule has 3 N–H and O–H groups in total. The van der Waals surface area contributed by atoms with E-state index in [9.17, 15) is 24.3 Å². The molecule has 3 heterocycles. The predicted octanol–water partition coefficient (Wildman–Crippen LogP) is 3.58. The van der Waals surface area contributed by atoms with Crippen LogP contribution in [0.2, 0.25) is 0 Å². The van der Waals surface area contributed by atoms with Crippen LogP contribution in [0.1, 0.15) is 71.8 Å². The van der Waals surface area contributed by atoms with Crippen LogP contribution in [0.4, 0.5) is 4.79 Å². The Bertz CT molecular complexity index is 1450. The van der Waals surface area contributed by atoms with E-state index in [0.29, 0.717) is 18.7 Å². The SMILES string of the molecule is CSc1ccc(-c2nnn([C@@H]3C[C@H]4C(=O)N[C@]5(C(=O)O)C[C@H]5/C=C\CCCCC[C@H](NC(=O)OC(C)(C)C)C(=O)N4C3)n2)cc1. The van der Waals surface area contributed by atoms with E-state index in [4.69, 9.17) is 4.74 Å². The maximum atomic E-state index is 14.2. The number of amides is 3. The van der Waals surface area contributed by atoms with Crippen LogP contribution in [0.15, 0.2) is 41.3 Å². The summed E-state index contributed by atoms with van der Waals surface area (Å²) in [6.45, 7) is 5.30. The lowest BCUT2D eigenvalue weighted by Gasteiger charge is -2.30. The molecule has 0 bridgehead atoms. The molecule has 0 spiro atoms. The van der Waals surface area contributed by atoms with Crippen LogP contribution in [-0.2, 0) is 19.1 Å². The summed E-state index contributed by atoms with van der Waals surface area (Å²) < 4.78 is 5.45. The molecule has 5 rings (SSSR count). The molecule has 1 aromatic carbocycles. The van der Waals surface area contributed by atoms with Crippen LogP contribution in [-0.4, -0.2) is 90.1 Å². The van der Waals surface area contributed by atoms with E-state index in [-0.39, 0.29) is 25.3 Å². The van der Waals surface area contributed by atoms with E-state index >= 15 is 0 Å². The second-order valence-corrected chi connectivity index (χ2v) is 13.8. The highest BCUT2D eigenvalue weighted by Crippen LogP contribution is 2.45. The molecule has 1 saturated carbocycles. The average Bonchev–Trinajstić information content (AvgIpc) is 3.31. The molecule has 0 radical (unpaired) electrons. The number of hydrogen-bond donors (Lipinski definition) is 3. The number of thioether (sulfide) groups is 1. The third-order valence-corrected chi connectivity index (χ3v) is 9.18. The first-order valence-corrected chi connectivity index (χ1v) is 16.6. The molecular weight excluding hydrogens is 598 g/mol. The number of tetrazole rings is 1. The number of benzene rings is 1. The number of carbonyl (C=O) groups excluding carboxylic acids is 3. The normalized spacial score (nSPS) is 28.1. The number of allylic oxidation sites excluding steroid dienone is 1. The van der Waals surface area contributed by atoms with Gasteiger partial charge < -0.3 is 25.4 Å². The fraction of sp³-hybridized carbons (Fsp3) is 0.581. The van der Waals surface area contributed by atoms with Crippen molar-refractivity contribution in [2.45, 2.75) is 99.9 Å². The molecule has 1 aromatic heterocycles. The van der Waals surface area contributed by atoms with Gasteiger partial charge >= 0.3 is 12.1 Å². The van der Waals surface area contributed by atoms with Crippen LogP contribution in [0.5, 0.6) is 0 Å². The number of nitrogens with zero attached hydrogens (tertiary/aromatic N) is 5. The number of nitrogens with one attached hydrogen (secondary N) is 2. The van der Waals surface area contributed by atoms with Crippen molar-refractivity contribution >= 4 is 35.6 Å². The van der Waals surface area contributed by atoms with Crippen molar-refractivity contribution in [3.05, 3.63) is 36.4 Å². The number of carboxylic acid groups (broad SMARTS) is 1. The summed E-state index contributed by atoms with van der Waals surface area (Å²) in [7, 11) is 0. The zero-order chi connectivity index (χ0) is 32.4. The van der Waals surface area contributed by atoms with Gasteiger partial charge in [0.15, 0.2) is 0 Å². The number of fused-ring (bicyclic) bond motifs is 2. The first-order chi connectivity index (χ1) is 21.4. The number of carboxylic acids is 1. The van der Waals surface area contributed by atoms with Gasteiger partial charge in [0.05, 0.1) is 6.04 Å². The molecule has 1 aliphatic carbocycles. The Labute approximate surface area is 266 Å². The molecule has 45 heavy (non-hydrogen) atoms. The zero-order valence-electron chi connectivity index (χ0n) is 26.1. The minimum absolute atomic E-state index is 0.0774. The van der Waals surface area contributed by atoms with Crippen LogP contribution >= 0.6 is 11.8 Å². The number of ether oxygens (including phenoxy) is 1. The lowest BCUT2D eigenvalue weighted by Crippen LogP contribution is -2.56. The van der Waals surface area contributed by atoms with Crippen molar-refractivity contribution in [1.82, 2.24) is 35.7 Å². The Morgan fingerprint density at radius 3 is 2.60 bits per heavy atom. The highest BCUT2D eigenvalue weighted by molar-refractivity contribution is 7.98. The molecular formula is C31H41N7O6S. The summed E-state index contributed by atoms with van der Waals surface area (Å²) in [5, 5.41) is 28.6. The Hall–Kier alpha value is -3.94. The van der Waals surface area contributed by atoms with Gasteiger partial charge in [-0.25, -0.2) is 9.59 Å². The monoisotopic (exact) mass is 639 g/mol. The fourth-order valence-electron chi connectivity index (χ4n) is 5.93. The zero-order valence-corrected chi connectivity index (χ0v) is 26.9. The number of alkyl carbamates (subject to hydrolysis) is 1. The first kappa shape index (κ1) is 32.5. The Balaban J connectivity index is 1.43. The predicted molar refractivity (Wildman–Crippen MR) is 166 cm³/mol. The lowest BCUT2D eigenvalue weighted by atomic mass is 10.0. The van der Waals surface area contributed by atoms with Crippen molar-refractivity contribution in [3.63, 3.8) is 0 Å². The molecule has 242 valence electrons. The number of rotatable bonds is 5. The molecule has 13 nitrogen and oxygen atoms in total. The quantitative estimate of drug-likeness (QED) is 0.325. The Morgan fingerprint density at radius 2 is 1.91 bits per heavy atom. The van der Waals surface area contributed by atoms with E-state index < -0.39 is 53.1 Å². The van der Waals surface area contributed by atoms with Gasteiger partial charge in [-0.05, 0) is 82.2 Å². The molecule has 5 atom stereocenters. The number of carbonyl (C=O) groups is 4. The minimum Gasteiger partial charge on any atom is -0.479 e. The standard InChI is InChI=1S/C31H41N7O6S/c1-30(2,3)44-29(43)32-23-11-9-7-5-6-8-10-20-17-31(20,28(41)42)33-26(39)24-16-21(18-37(24)27(23)40)38-35-25(34-36-38)19-12-14-22(45-4)15-13-19/h8,10,12-15,20-21,23-24H,5-7,9,11,16-18H2,1-4H3,(H,32,43)(H,33,39)(H,41,42)/b10-8-/t20-,21-,23+,24+,31-/m1/s1.